The minimum absolute atomic E-state index is 0.292. The molecule has 0 amide bonds. The molecular weight excluding hydrogens is 220 g/mol. The first-order valence-corrected chi connectivity index (χ1v) is 6.04. The number of hydrogen-bond acceptors (Lipinski definition) is 3. The van der Waals surface area contributed by atoms with Crippen LogP contribution in [0.5, 0.6) is 5.75 Å². The minimum atomic E-state index is -0.551. The van der Waals surface area contributed by atoms with Crippen LogP contribution in [0.4, 0.5) is 0 Å². The van der Waals surface area contributed by atoms with Gasteiger partial charge in [-0.2, -0.15) is 0 Å². The number of hydrogen-bond donors (Lipinski definition) is 1. The second-order valence-electron chi connectivity index (χ2n) is 3.63. The molecule has 0 aliphatic heterocycles. The molecule has 1 atom stereocenters. The van der Waals surface area contributed by atoms with Gasteiger partial charge in [-0.3, -0.25) is 0 Å². The molecule has 0 aliphatic rings. The van der Waals surface area contributed by atoms with Crippen LogP contribution in [0.25, 0.3) is 0 Å². The van der Waals surface area contributed by atoms with E-state index in [1.54, 1.807) is 11.3 Å². The van der Waals surface area contributed by atoms with Gasteiger partial charge in [0.05, 0.1) is 0 Å². The Bertz CT molecular complexity index is 436. The molecule has 1 unspecified atom stereocenters. The van der Waals surface area contributed by atoms with Crippen LogP contribution in [-0.2, 0) is 0 Å². The molecule has 0 bridgehead atoms. The highest BCUT2D eigenvalue weighted by atomic mass is 32.1. The van der Waals surface area contributed by atoms with Crippen LogP contribution in [-0.4, -0.2) is 11.7 Å². The van der Waals surface area contributed by atoms with Gasteiger partial charge in [0.1, 0.15) is 18.5 Å². The summed E-state index contributed by atoms with van der Waals surface area (Å²) in [7, 11) is 0. The van der Waals surface area contributed by atoms with Crippen LogP contribution in [0.1, 0.15) is 16.5 Å². The molecule has 1 aromatic carbocycles. The average Bonchev–Trinajstić information content (AvgIpc) is 2.74. The number of ether oxygens (including phenoxy) is 1. The third-order valence-corrected chi connectivity index (χ3v) is 3.17. The molecule has 2 aromatic rings. The summed E-state index contributed by atoms with van der Waals surface area (Å²) in [4.78, 5) is 1.20. The van der Waals surface area contributed by atoms with Gasteiger partial charge in [-0.15, -0.1) is 11.3 Å². The maximum atomic E-state index is 9.88. The molecule has 16 heavy (non-hydrogen) atoms. The first-order valence-electron chi connectivity index (χ1n) is 5.16. The molecule has 0 spiro atoms. The first-order chi connectivity index (χ1) is 7.75. The lowest BCUT2D eigenvalue weighted by Crippen LogP contribution is -2.08. The van der Waals surface area contributed by atoms with E-state index in [1.165, 1.54) is 4.88 Å². The Balaban J connectivity index is 1.91. The van der Waals surface area contributed by atoms with Crippen molar-refractivity contribution in [2.45, 2.75) is 13.0 Å². The Labute approximate surface area is 99.1 Å². The second-order valence-corrected chi connectivity index (χ2v) is 4.75. The Morgan fingerprint density at radius 3 is 2.69 bits per heavy atom. The molecule has 0 aliphatic carbocycles. The summed E-state index contributed by atoms with van der Waals surface area (Å²) >= 11 is 1.64. The monoisotopic (exact) mass is 234 g/mol. The topological polar surface area (TPSA) is 29.5 Å². The van der Waals surface area contributed by atoms with Crippen molar-refractivity contribution in [3.8, 4) is 5.75 Å². The van der Waals surface area contributed by atoms with E-state index in [-0.39, 0.29) is 0 Å². The minimum Gasteiger partial charge on any atom is -0.491 e. The molecule has 1 aromatic heterocycles. The molecule has 0 fully saturated rings. The summed E-state index contributed by atoms with van der Waals surface area (Å²) in [5.74, 6) is 0.786. The molecule has 3 heteroatoms. The van der Waals surface area contributed by atoms with Crippen LogP contribution >= 0.6 is 11.3 Å². The van der Waals surface area contributed by atoms with Crippen molar-refractivity contribution in [2.75, 3.05) is 6.61 Å². The smallest absolute Gasteiger partial charge is 0.119 e. The van der Waals surface area contributed by atoms with E-state index in [2.05, 4.69) is 0 Å². The highest BCUT2D eigenvalue weighted by Gasteiger charge is 2.09. The molecule has 84 valence electrons. The highest BCUT2D eigenvalue weighted by Crippen LogP contribution is 2.21. The summed E-state index contributed by atoms with van der Waals surface area (Å²) in [6.45, 7) is 2.32. The Morgan fingerprint density at radius 2 is 2.06 bits per heavy atom. The fraction of sp³-hybridized carbons (Fsp3) is 0.231. The number of rotatable bonds is 4. The number of thiophene rings is 1. The zero-order chi connectivity index (χ0) is 11.4. The van der Waals surface area contributed by atoms with Crippen molar-refractivity contribution >= 4 is 11.3 Å². The van der Waals surface area contributed by atoms with E-state index in [9.17, 15) is 5.11 Å². The standard InChI is InChI=1S/C13H14O2S/c1-10-7-11(9-16-10)13(14)8-15-12-5-3-2-4-6-12/h2-7,9,13-14H,8H2,1H3. The van der Waals surface area contributed by atoms with E-state index >= 15 is 0 Å². The van der Waals surface area contributed by atoms with Gasteiger partial charge in [0, 0.05) is 4.88 Å². The number of aryl methyl sites for hydroxylation is 1. The summed E-state index contributed by atoms with van der Waals surface area (Å²) < 4.78 is 5.49. The maximum Gasteiger partial charge on any atom is 0.119 e. The van der Waals surface area contributed by atoms with Crippen molar-refractivity contribution in [2.24, 2.45) is 0 Å². The normalized spacial score (nSPS) is 12.4. The van der Waals surface area contributed by atoms with E-state index < -0.39 is 6.10 Å². The van der Waals surface area contributed by atoms with Crippen LogP contribution in [0.3, 0.4) is 0 Å². The van der Waals surface area contributed by atoms with Gasteiger partial charge in [0.2, 0.25) is 0 Å². The van der Waals surface area contributed by atoms with Gasteiger partial charge in [-0.1, -0.05) is 18.2 Å². The van der Waals surface area contributed by atoms with Crippen molar-refractivity contribution in [1.29, 1.82) is 0 Å². The van der Waals surface area contributed by atoms with Crippen molar-refractivity contribution in [3.63, 3.8) is 0 Å². The number of para-hydroxylation sites is 1. The van der Waals surface area contributed by atoms with Gasteiger partial charge < -0.3 is 9.84 Å². The SMILES string of the molecule is Cc1cc(C(O)COc2ccccc2)cs1. The second kappa shape index (κ2) is 5.14. The third-order valence-electron chi connectivity index (χ3n) is 2.29. The Kier molecular flexibility index (Phi) is 3.59. The average molecular weight is 234 g/mol. The van der Waals surface area contributed by atoms with Gasteiger partial charge in [-0.05, 0) is 36.1 Å². The molecular formula is C13H14O2S. The van der Waals surface area contributed by atoms with Crippen molar-refractivity contribution in [1.82, 2.24) is 0 Å². The molecule has 0 saturated heterocycles. The van der Waals surface area contributed by atoms with Gasteiger partial charge >= 0.3 is 0 Å². The summed E-state index contributed by atoms with van der Waals surface area (Å²) in [6.07, 6.45) is -0.551. The van der Waals surface area contributed by atoms with Gasteiger partial charge in [0.15, 0.2) is 0 Å². The maximum absolute atomic E-state index is 9.88. The van der Waals surface area contributed by atoms with E-state index in [1.807, 2.05) is 48.7 Å². The quantitative estimate of drug-likeness (QED) is 0.880. The molecule has 2 nitrogen and oxygen atoms in total. The number of benzene rings is 1. The Morgan fingerprint density at radius 1 is 1.31 bits per heavy atom. The Hall–Kier alpha value is -1.32. The zero-order valence-electron chi connectivity index (χ0n) is 9.09. The van der Waals surface area contributed by atoms with Crippen molar-refractivity contribution in [3.05, 3.63) is 52.2 Å². The highest BCUT2D eigenvalue weighted by molar-refractivity contribution is 7.10. The predicted octanol–water partition coefficient (Wildman–Crippen LogP) is 3.17. The zero-order valence-corrected chi connectivity index (χ0v) is 9.91. The molecule has 2 rings (SSSR count). The lowest BCUT2D eigenvalue weighted by atomic mass is 10.2. The lowest BCUT2D eigenvalue weighted by molar-refractivity contribution is 0.108. The summed E-state index contributed by atoms with van der Waals surface area (Å²) in [5.41, 5.74) is 0.929. The van der Waals surface area contributed by atoms with E-state index in [4.69, 9.17) is 4.74 Å². The van der Waals surface area contributed by atoms with Gasteiger partial charge in [-0.25, -0.2) is 0 Å². The first kappa shape index (κ1) is 11.2. The number of aliphatic hydroxyl groups is 1. The molecule has 0 radical (unpaired) electrons. The summed E-state index contributed by atoms with van der Waals surface area (Å²) in [6, 6.07) is 11.5. The van der Waals surface area contributed by atoms with Crippen LogP contribution < -0.4 is 4.74 Å². The predicted molar refractivity (Wildman–Crippen MR) is 66.0 cm³/mol. The molecule has 1 heterocycles. The number of aliphatic hydroxyl groups excluding tert-OH is 1. The fourth-order valence-corrected chi connectivity index (χ4v) is 2.18. The lowest BCUT2D eigenvalue weighted by Gasteiger charge is -2.10. The fourth-order valence-electron chi connectivity index (χ4n) is 1.43. The molecule has 0 saturated carbocycles. The van der Waals surface area contributed by atoms with Gasteiger partial charge in [0.25, 0.3) is 0 Å². The summed E-state index contributed by atoms with van der Waals surface area (Å²) in [5, 5.41) is 11.8. The van der Waals surface area contributed by atoms with Crippen LogP contribution in [0.15, 0.2) is 41.8 Å². The third kappa shape index (κ3) is 2.84. The molecule has 1 N–H and O–H groups in total. The van der Waals surface area contributed by atoms with E-state index in [0.29, 0.717) is 6.61 Å². The largest absolute Gasteiger partial charge is 0.491 e. The van der Waals surface area contributed by atoms with Crippen molar-refractivity contribution < 1.29 is 9.84 Å². The van der Waals surface area contributed by atoms with E-state index in [0.717, 1.165) is 11.3 Å². The van der Waals surface area contributed by atoms with Crippen LogP contribution in [0.2, 0.25) is 0 Å². The van der Waals surface area contributed by atoms with Crippen LogP contribution in [0, 0.1) is 6.92 Å².